The molecule has 0 aliphatic heterocycles. The molecule has 1 amide bonds. The number of ether oxygens (including phenoxy) is 1. The number of benzene rings is 2. The van der Waals surface area contributed by atoms with Gasteiger partial charge in [-0.15, -0.1) is 0 Å². The van der Waals surface area contributed by atoms with Crippen LogP contribution in [-0.4, -0.2) is 27.8 Å². The molecular formula is C20H18ClF2N3O3S. The van der Waals surface area contributed by atoms with E-state index in [-0.39, 0.29) is 34.0 Å². The maximum atomic E-state index is 12.8. The van der Waals surface area contributed by atoms with E-state index in [4.69, 9.17) is 11.6 Å². The zero-order valence-electron chi connectivity index (χ0n) is 16.1. The molecule has 0 atom stereocenters. The van der Waals surface area contributed by atoms with Crippen molar-refractivity contribution in [1.29, 1.82) is 0 Å². The quantitative estimate of drug-likeness (QED) is 0.404. The van der Waals surface area contributed by atoms with Gasteiger partial charge in [-0.1, -0.05) is 35.5 Å². The Bertz CT molecular complexity index is 1140. The fourth-order valence-electron chi connectivity index (χ4n) is 2.78. The zero-order valence-corrected chi connectivity index (χ0v) is 17.6. The molecule has 0 aliphatic carbocycles. The summed E-state index contributed by atoms with van der Waals surface area (Å²) in [5.41, 5.74) is 0.726. The normalized spacial score (nSPS) is 11.3. The summed E-state index contributed by atoms with van der Waals surface area (Å²) in [6.07, 6.45) is 0. The molecule has 1 heterocycles. The Hall–Kier alpha value is -2.65. The van der Waals surface area contributed by atoms with Crippen molar-refractivity contribution in [2.24, 2.45) is 0 Å². The number of hydrogen-bond acceptors (Lipinski definition) is 5. The lowest BCUT2D eigenvalue weighted by molar-refractivity contribution is -0.113. The van der Waals surface area contributed by atoms with Crippen LogP contribution < -0.4 is 15.6 Å². The molecule has 0 saturated carbocycles. The van der Waals surface area contributed by atoms with Gasteiger partial charge in [-0.25, -0.2) is 4.98 Å². The van der Waals surface area contributed by atoms with E-state index in [1.54, 1.807) is 28.8 Å². The molecule has 3 aromatic rings. The molecule has 0 saturated heterocycles. The third-order valence-electron chi connectivity index (χ3n) is 4.06. The van der Waals surface area contributed by atoms with Gasteiger partial charge < -0.3 is 10.1 Å². The van der Waals surface area contributed by atoms with E-state index in [2.05, 4.69) is 15.0 Å². The molecule has 1 aromatic heterocycles. The highest BCUT2D eigenvalue weighted by atomic mass is 35.5. The number of carbonyl (C=O) groups is 1. The molecule has 0 fully saturated rings. The van der Waals surface area contributed by atoms with E-state index in [1.165, 1.54) is 18.2 Å². The average molecular weight is 454 g/mol. The van der Waals surface area contributed by atoms with Crippen LogP contribution >= 0.6 is 23.4 Å². The number of anilines is 1. The highest BCUT2D eigenvalue weighted by Gasteiger charge is 2.16. The molecule has 2 aromatic carbocycles. The summed E-state index contributed by atoms with van der Waals surface area (Å²) in [5.74, 6) is -0.554. The SMILES string of the molecule is CC(C)n1c(SCC(=O)Nc2ccc(OC(F)F)c(Cl)c2)nc2ccccc2c1=O. The summed E-state index contributed by atoms with van der Waals surface area (Å²) < 4.78 is 30.4. The Kier molecular flexibility index (Phi) is 6.94. The fraction of sp³-hybridized carbons (Fsp3) is 0.250. The van der Waals surface area contributed by atoms with Crippen molar-refractivity contribution in [2.45, 2.75) is 31.7 Å². The average Bonchev–Trinajstić information content (AvgIpc) is 2.68. The Morgan fingerprint density at radius 2 is 2.00 bits per heavy atom. The van der Waals surface area contributed by atoms with E-state index < -0.39 is 6.61 Å². The van der Waals surface area contributed by atoms with Crippen LogP contribution in [0.4, 0.5) is 14.5 Å². The Labute approximate surface area is 180 Å². The van der Waals surface area contributed by atoms with Crippen LogP contribution in [0.5, 0.6) is 5.75 Å². The number of rotatable bonds is 7. The van der Waals surface area contributed by atoms with E-state index in [9.17, 15) is 18.4 Å². The van der Waals surface area contributed by atoms with Crippen LogP contribution in [0, 0.1) is 0 Å². The number of nitrogens with zero attached hydrogens (tertiary/aromatic N) is 2. The number of hydrogen-bond donors (Lipinski definition) is 1. The fourth-order valence-corrected chi connectivity index (χ4v) is 3.93. The second kappa shape index (κ2) is 9.44. The Balaban J connectivity index is 1.75. The molecule has 0 spiro atoms. The number of carbonyl (C=O) groups excluding carboxylic acids is 1. The van der Waals surface area contributed by atoms with Gasteiger partial charge in [-0.2, -0.15) is 8.78 Å². The number of halogens is 3. The number of alkyl halides is 2. The lowest BCUT2D eigenvalue weighted by Crippen LogP contribution is -2.25. The topological polar surface area (TPSA) is 73.2 Å². The van der Waals surface area contributed by atoms with Gasteiger partial charge >= 0.3 is 6.61 Å². The molecule has 0 radical (unpaired) electrons. The summed E-state index contributed by atoms with van der Waals surface area (Å²) in [6.45, 7) is 0.743. The second-order valence-electron chi connectivity index (χ2n) is 6.54. The minimum absolute atomic E-state index is 0.00952. The standard InChI is InChI=1S/C20H18ClF2N3O3S/c1-11(2)26-18(28)13-5-3-4-6-15(13)25-20(26)30-10-17(27)24-12-7-8-16(14(21)9-12)29-19(22)23/h3-9,11,19H,10H2,1-2H3,(H,24,27). The number of aromatic nitrogens is 2. The van der Waals surface area contributed by atoms with Crippen LogP contribution in [-0.2, 0) is 4.79 Å². The first-order chi connectivity index (χ1) is 14.3. The van der Waals surface area contributed by atoms with Gasteiger partial charge in [-0.3, -0.25) is 14.2 Å². The van der Waals surface area contributed by atoms with Crippen molar-refractivity contribution in [2.75, 3.05) is 11.1 Å². The highest BCUT2D eigenvalue weighted by Crippen LogP contribution is 2.29. The van der Waals surface area contributed by atoms with Crippen LogP contribution in [0.3, 0.4) is 0 Å². The third-order valence-corrected chi connectivity index (χ3v) is 5.30. The number of amides is 1. The number of nitrogens with one attached hydrogen (secondary N) is 1. The van der Waals surface area contributed by atoms with Gasteiger partial charge in [0.15, 0.2) is 5.16 Å². The third kappa shape index (κ3) is 5.09. The summed E-state index contributed by atoms with van der Waals surface area (Å²) in [6, 6.07) is 10.9. The van der Waals surface area contributed by atoms with Gasteiger partial charge in [0, 0.05) is 11.7 Å². The van der Waals surface area contributed by atoms with E-state index in [1.807, 2.05) is 13.8 Å². The van der Waals surface area contributed by atoms with E-state index in [0.717, 1.165) is 11.8 Å². The first kappa shape index (κ1) is 22.0. The lowest BCUT2D eigenvalue weighted by atomic mass is 10.2. The molecular weight excluding hydrogens is 436 g/mol. The van der Waals surface area contributed by atoms with Gasteiger partial charge in [0.1, 0.15) is 5.75 Å². The van der Waals surface area contributed by atoms with Crippen molar-refractivity contribution < 1.29 is 18.3 Å². The largest absolute Gasteiger partial charge is 0.433 e. The van der Waals surface area contributed by atoms with Crippen molar-refractivity contribution in [3.63, 3.8) is 0 Å². The monoisotopic (exact) mass is 453 g/mol. The molecule has 0 bridgehead atoms. The van der Waals surface area contributed by atoms with Crippen molar-refractivity contribution in [1.82, 2.24) is 9.55 Å². The van der Waals surface area contributed by atoms with Crippen LogP contribution in [0.25, 0.3) is 10.9 Å². The van der Waals surface area contributed by atoms with E-state index in [0.29, 0.717) is 21.7 Å². The molecule has 3 rings (SSSR count). The summed E-state index contributed by atoms with van der Waals surface area (Å²) in [5, 5.41) is 3.53. The summed E-state index contributed by atoms with van der Waals surface area (Å²) in [4.78, 5) is 29.7. The molecule has 10 heteroatoms. The van der Waals surface area contributed by atoms with Crippen molar-refractivity contribution >= 4 is 45.9 Å². The van der Waals surface area contributed by atoms with Gasteiger partial charge in [-0.05, 0) is 44.2 Å². The van der Waals surface area contributed by atoms with Gasteiger partial charge in [0.25, 0.3) is 5.56 Å². The number of fused-ring (bicyclic) bond motifs is 1. The zero-order chi connectivity index (χ0) is 21.8. The molecule has 0 unspecified atom stereocenters. The van der Waals surface area contributed by atoms with Gasteiger partial charge in [0.05, 0.1) is 21.7 Å². The van der Waals surface area contributed by atoms with Gasteiger partial charge in [0.2, 0.25) is 5.91 Å². The Morgan fingerprint density at radius 1 is 1.27 bits per heavy atom. The lowest BCUT2D eigenvalue weighted by Gasteiger charge is -2.16. The van der Waals surface area contributed by atoms with Crippen LogP contribution in [0.2, 0.25) is 5.02 Å². The van der Waals surface area contributed by atoms with Crippen molar-refractivity contribution in [3.8, 4) is 5.75 Å². The summed E-state index contributed by atoms with van der Waals surface area (Å²) >= 11 is 7.03. The highest BCUT2D eigenvalue weighted by molar-refractivity contribution is 7.99. The Morgan fingerprint density at radius 3 is 2.67 bits per heavy atom. The first-order valence-electron chi connectivity index (χ1n) is 8.94. The number of para-hydroxylation sites is 1. The first-order valence-corrected chi connectivity index (χ1v) is 10.3. The molecule has 158 valence electrons. The smallest absolute Gasteiger partial charge is 0.387 e. The second-order valence-corrected chi connectivity index (χ2v) is 7.89. The molecule has 1 N–H and O–H groups in total. The van der Waals surface area contributed by atoms with Crippen molar-refractivity contribution in [3.05, 3.63) is 57.8 Å². The summed E-state index contributed by atoms with van der Waals surface area (Å²) in [7, 11) is 0. The maximum Gasteiger partial charge on any atom is 0.387 e. The minimum atomic E-state index is -2.99. The van der Waals surface area contributed by atoms with Crippen LogP contribution in [0.1, 0.15) is 19.9 Å². The minimum Gasteiger partial charge on any atom is -0.433 e. The number of thioether (sulfide) groups is 1. The molecule has 0 aliphatic rings. The molecule has 6 nitrogen and oxygen atoms in total. The predicted molar refractivity (Wildman–Crippen MR) is 114 cm³/mol. The van der Waals surface area contributed by atoms with Crippen LogP contribution in [0.15, 0.2) is 52.4 Å². The van der Waals surface area contributed by atoms with E-state index >= 15 is 0 Å². The molecule has 30 heavy (non-hydrogen) atoms. The predicted octanol–water partition coefficient (Wildman–Crippen LogP) is 4.96. The maximum absolute atomic E-state index is 12.8.